The number of benzene rings is 1. The summed E-state index contributed by atoms with van der Waals surface area (Å²) in [6.45, 7) is 0. The van der Waals surface area contributed by atoms with Gasteiger partial charge in [0.1, 0.15) is 0 Å². The molecule has 0 spiro atoms. The molecule has 0 bridgehead atoms. The van der Waals surface area contributed by atoms with Crippen molar-refractivity contribution in [2.24, 2.45) is 0 Å². The summed E-state index contributed by atoms with van der Waals surface area (Å²) in [5.41, 5.74) is 0.449. The third-order valence-electron chi connectivity index (χ3n) is 1.52. The lowest BCUT2D eigenvalue weighted by Crippen LogP contribution is -1.97. The molecule has 0 atom stereocenters. The zero-order chi connectivity index (χ0) is 10.6. The third-order valence-corrected chi connectivity index (χ3v) is 2.21. The summed E-state index contributed by atoms with van der Waals surface area (Å²) in [6, 6.07) is 6.84. The van der Waals surface area contributed by atoms with Gasteiger partial charge in [0.05, 0.1) is 0 Å². The number of carboxylic acids is 1. The molecule has 0 heterocycles. The lowest BCUT2D eigenvalue weighted by molar-refractivity contribution is -0.131. The highest BCUT2D eigenvalue weighted by molar-refractivity contribution is 9.10. The van der Waals surface area contributed by atoms with E-state index in [-0.39, 0.29) is 5.78 Å². The van der Waals surface area contributed by atoms with E-state index in [4.69, 9.17) is 5.11 Å². The maximum absolute atomic E-state index is 11.4. The Balaban J connectivity index is 2.91. The number of carbonyl (C=O) groups excluding carboxylic acids is 1. The van der Waals surface area contributed by atoms with Crippen LogP contribution in [0.5, 0.6) is 0 Å². The molecule has 14 heavy (non-hydrogen) atoms. The summed E-state index contributed by atoms with van der Waals surface area (Å²) in [5.74, 6) is -1.47. The number of allylic oxidation sites excluding steroid dienone is 1. The summed E-state index contributed by atoms with van der Waals surface area (Å²) >= 11 is 3.20. The number of halogens is 1. The molecule has 1 aromatic rings. The number of hydrogen-bond donors (Lipinski definition) is 1. The molecular formula is C10H7BrO3. The van der Waals surface area contributed by atoms with Crippen LogP contribution in [0.1, 0.15) is 10.4 Å². The van der Waals surface area contributed by atoms with Crippen LogP contribution < -0.4 is 0 Å². The van der Waals surface area contributed by atoms with Crippen LogP contribution in [-0.4, -0.2) is 16.9 Å². The lowest BCUT2D eigenvalue weighted by Gasteiger charge is -1.97. The monoisotopic (exact) mass is 254 g/mol. The van der Waals surface area contributed by atoms with E-state index in [2.05, 4.69) is 15.9 Å². The number of carbonyl (C=O) groups is 2. The summed E-state index contributed by atoms with van der Waals surface area (Å²) in [5, 5.41) is 8.33. The van der Waals surface area contributed by atoms with Crippen LogP contribution in [0, 0.1) is 0 Å². The van der Waals surface area contributed by atoms with E-state index < -0.39 is 5.97 Å². The van der Waals surface area contributed by atoms with Crippen LogP contribution >= 0.6 is 15.9 Å². The van der Waals surface area contributed by atoms with Crippen molar-refractivity contribution in [1.29, 1.82) is 0 Å². The first-order chi connectivity index (χ1) is 6.61. The highest BCUT2D eigenvalue weighted by atomic mass is 79.9. The Morgan fingerprint density at radius 2 is 1.86 bits per heavy atom. The molecule has 0 amide bonds. The zero-order valence-corrected chi connectivity index (χ0v) is 8.69. The zero-order valence-electron chi connectivity index (χ0n) is 7.11. The predicted octanol–water partition coefficient (Wildman–Crippen LogP) is 2.27. The summed E-state index contributed by atoms with van der Waals surface area (Å²) < 4.78 is 0.653. The molecule has 1 rings (SSSR count). The van der Waals surface area contributed by atoms with Crippen molar-refractivity contribution >= 4 is 27.7 Å². The van der Waals surface area contributed by atoms with E-state index in [9.17, 15) is 9.59 Å². The van der Waals surface area contributed by atoms with Crippen LogP contribution in [0.25, 0.3) is 0 Å². The van der Waals surface area contributed by atoms with Gasteiger partial charge in [-0.15, -0.1) is 0 Å². The van der Waals surface area contributed by atoms with Gasteiger partial charge in [-0.05, 0) is 18.2 Å². The van der Waals surface area contributed by atoms with Crippen molar-refractivity contribution in [3.05, 3.63) is 46.5 Å². The Morgan fingerprint density at radius 3 is 2.43 bits per heavy atom. The van der Waals surface area contributed by atoms with E-state index in [1.165, 1.54) is 0 Å². The van der Waals surface area contributed by atoms with E-state index >= 15 is 0 Å². The average Bonchev–Trinajstić information content (AvgIpc) is 2.15. The van der Waals surface area contributed by atoms with Gasteiger partial charge in [0.25, 0.3) is 0 Å². The molecule has 3 nitrogen and oxygen atoms in total. The van der Waals surface area contributed by atoms with Crippen LogP contribution in [0.4, 0.5) is 0 Å². The van der Waals surface area contributed by atoms with Crippen LogP contribution in [0.2, 0.25) is 0 Å². The number of ketones is 1. The molecule has 0 radical (unpaired) electrons. The molecule has 1 aromatic carbocycles. The molecule has 0 aromatic heterocycles. The Bertz CT molecular complexity index is 396. The Kier molecular flexibility index (Phi) is 3.59. The van der Waals surface area contributed by atoms with Gasteiger partial charge in [-0.3, -0.25) is 4.79 Å². The van der Waals surface area contributed by atoms with Crippen molar-refractivity contribution in [3.63, 3.8) is 0 Å². The van der Waals surface area contributed by atoms with E-state index in [1.54, 1.807) is 24.3 Å². The topological polar surface area (TPSA) is 54.4 Å². The van der Waals surface area contributed by atoms with Gasteiger partial charge in [-0.25, -0.2) is 4.79 Å². The van der Waals surface area contributed by atoms with Crippen molar-refractivity contribution in [2.75, 3.05) is 0 Å². The Labute approximate surface area is 89.2 Å². The van der Waals surface area contributed by atoms with Crippen LogP contribution in [0.15, 0.2) is 40.9 Å². The Hall–Kier alpha value is -1.42. The van der Waals surface area contributed by atoms with E-state index in [1.807, 2.05) is 0 Å². The van der Waals surface area contributed by atoms with Gasteiger partial charge in [0.15, 0.2) is 5.78 Å². The van der Waals surface area contributed by atoms with E-state index in [0.29, 0.717) is 10.0 Å². The average molecular weight is 255 g/mol. The second-order valence-electron chi connectivity index (χ2n) is 2.52. The van der Waals surface area contributed by atoms with Gasteiger partial charge in [0, 0.05) is 16.1 Å². The van der Waals surface area contributed by atoms with Gasteiger partial charge in [0.2, 0.25) is 0 Å². The first kappa shape index (κ1) is 10.7. The molecule has 72 valence electrons. The second kappa shape index (κ2) is 4.72. The minimum Gasteiger partial charge on any atom is -0.478 e. The van der Waals surface area contributed by atoms with Crippen molar-refractivity contribution in [1.82, 2.24) is 0 Å². The van der Waals surface area contributed by atoms with Gasteiger partial charge in [-0.2, -0.15) is 0 Å². The number of rotatable bonds is 3. The molecular weight excluding hydrogens is 248 g/mol. The standard InChI is InChI=1S/C10H7BrO3/c11-8-4-2-1-3-7(8)9(12)5-6-10(13)14/h1-6H,(H,13,14). The van der Waals surface area contributed by atoms with Gasteiger partial charge in [-0.1, -0.05) is 28.1 Å². The van der Waals surface area contributed by atoms with Crippen LogP contribution in [-0.2, 0) is 4.79 Å². The fraction of sp³-hybridized carbons (Fsp3) is 0. The molecule has 0 aliphatic carbocycles. The number of carboxylic acid groups (broad SMARTS) is 1. The van der Waals surface area contributed by atoms with E-state index in [0.717, 1.165) is 12.2 Å². The molecule has 1 N–H and O–H groups in total. The molecule has 4 heteroatoms. The maximum atomic E-state index is 11.4. The minimum atomic E-state index is -1.13. The molecule has 0 aliphatic heterocycles. The highest BCUT2D eigenvalue weighted by Crippen LogP contribution is 2.16. The van der Waals surface area contributed by atoms with Crippen molar-refractivity contribution in [3.8, 4) is 0 Å². The smallest absolute Gasteiger partial charge is 0.328 e. The quantitative estimate of drug-likeness (QED) is 0.665. The highest BCUT2D eigenvalue weighted by Gasteiger charge is 2.05. The van der Waals surface area contributed by atoms with Gasteiger partial charge < -0.3 is 5.11 Å². The first-order valence-electron chi connectivity index (χ1n) is 3.81. The second-order valence-corrected chi connectivity index (χ2v) is 3.37. The van der Waals surface area contributed by atoms with Crippen molar-refractivity contribution in [2.45, 2.75) is 0 Å². The summed E-state index contributed by atoms with van der Waals surface area (Å²) in [4.78, 5) is 21.6. The van der Waals surface area contributed by atoms with Crippen LogP contribution in [0.3, 0.4) is 0 Å². The molecule has 0 aliphatic rings. The normalized spacial score (nSPS) is 10.4. The fourth-order valence-corrected chi connectivity index (χ4v) is 1.38. The Morgan fingerprint density at radius 1 is 1.21 bits per heavy atom. The fourth-order valence-electron chi connectivity index (χ4n) is 0.898. The number of aliphatic carboxylic acids is 1. The SMILES string of the molecule is O=C(O)C=CC(=O)c1ccccc1Br. The summed E-state index contributed by atoms with van der Waals surface area (Å²) in [6.07, 6.45) is 1.85. The summed E-state index contributed by atoms with van der Waals surface area (Å²) in [7, 11) is 0. The third kappa shape index (κ3) is 2.81. The molecule has 0 saturated heterocycles. The largest absolute Gasteiger partial charge is 0.478 e. The first-order valence-corrected chi connectivity index (χ1v) is 4.60. The molecule has 0 saturated carbocycles. The molecule has 0 unspecified atom stereocenters. The van der Waals surface area contributed by atoms with Crippen molar-refractivity contribution < 1.29 is 14.7 Å². The lowest BCUT2D eigenvalue weighted by atomic mass is 10.1. The number of hydrogen-bond acceptors (Lipinski definition) is 2. The predicted molar refractivity (Wildman–Crippen MR) is 55.2 cm³/mol. The maximum Gasteiger partial charge on any atom is 0.328 e. The van der Waals surface area contributed by atoms with Gasteiger partial charge >= 0.3 is 5.97 Å². The molecule has 0 fully saturated rings. The minimum absolute atomic E-state index is 0.333.